The Kier molecular flexibility index (Phi) is 3.15. The van der Waals surface area contributed by atoms with E-state index in [-0.39, 0.29) is 18.5 Å². The summed E-state index contributed by atoms with van der Waals surface area (Å²) in [6, 6.07) is 4.31. The highest BCUT2D eigenvalue weighted by atomic mass is 16.7. The predicted molar refractivity (Wildman–Crippen MR) is 43.4 cm³/mol. The summed E-state index contributed by atoms with van der Waals surface area (Å²) in [5.74, 6) is -0.0651. The van der Waals surface area contributed by atoms with Gasteiger partial charge in [0.1, 0.15) is 0 Å². The van der Waals surface area contributed by atoms with E-state index in [1.807, 2.05) is 0 Å². The van der Waals surface area contributed by atoms with Crippen LogP contribution in [-0.2, 0) is 4.74 Å². The molecular formula is C7H8N2O4. The van der Waals surface area contributed by atoms with E-state index in [1.54, 1.807) is 0 Å². The fraction of sp³-hybridized carbons (Fsp3) is 0.286. The van der Waals surface area contributed by atoms with Gasteiger partial charge in [0.05, 0.1) is 0 Å². The molecule has 1 heterocycles. The standard InChI is InChI=1S/C7H8N2O4/c1-12-5-13-7-4-2-3-6(8-7)9(10)11/h2-4H,5H2,1H3. The topological polar surface area (TPSA) is 74.5 Å². The molecule has 0 atom stereocenters. The molecule has 0 radical (unpaired) electrons. The van der Waals surface area contributed by atoms with Crippen LogP contribution in [0, 0.1) is 10.1 Å². The third kappa shape index (κ3) is 2.68. The van der Waals surface area contributed by atoms with Gasteiger partial charge in [0.15, 0.2) is 6.79 Å². The van der Waals surface area contributed by atoms with Gasteiger partial charge >= 0.3 is 11.7 Å². The summed E-state index contributed by atoms with van der Waals surface area (Å²) in [4.78, 5) is 13.3. The van der Waals surface area contributed by atoms with E-state index in [2.05, 4.69) is 9.72 Å². The zero-order valence-corrected chi connectivity index (χ0v) is 6.97. The van der Waals surface area contributed by atoms with Crippen molar-refractivity contribution in [2.45, 2.75) is 0 Å². The van der Waals surface area contributed by atoms with Crippen LogP contribution in [0.4, 0.5) is 5.82 Å². The first kappa shape index (κ1) is 9.40. The second-order valence-corrected chi connectivity index (χ2v) is 2.14. The highest BCUT2D eigenvalue weighted by Crippen LogP contribution is 2.12. The largest absolute Gasteiger partial charge is 0.432 e. The second-order valence-electron chi connectivity index (χ2n) is 2.14. The summed E-state index contributed by atoms with van der Waals surface area (Å²) < 4.78 is 9.52. The molecule has 0 amide bonds. The smallest absolute Gasteiger partial charge is 0.367 e. The van der Waals surface area contributed by atoms with E-state index in [4.69, 9.17) is 4.74 Å². The monoisotopic (exact) mass is 184 g/mol. The molecule has 70 valence electrons. The Balaban J connectivity index is 2.73. The molecule has 1 rings (SSSR count). The molecule has 0 fully saturated rings. The van der Waals surface area contributed by atoms with E-state index >= 15 is 0 Å². The Morgan fingerprint density at radius 3 is 3.00 bits per heavy atom. The third-order valence-electron chi connectivity index (χ3n) is 1.22. The molecule has 0 bridgehead atoms. The maximum Gasteiger partial charge on any atom is 0.367 e. The van der Waals surface area contributed by atoms with Crippen LogP contribution in [0.3, 0.4) is 0 Å². The first-order chi connectivity index (χ1) is 6.24. The third-order valence-corrected chi connectivity index (χ3v) is 1.22. The van der Waals surface area contributed by atoms with Crippen LogP contribution in [0.25, 0.3) is 0 Å². The van der Waals surface area contributed by atoms with Crippen LogP contribution in [0.2, 0.25) is 0 Å². The number of methoxy groups -OCH3 is 1. The molecule has 0 N–H and O–H groups in total. The molecule has 1 aromatic rings. The first-order valence-corrected chi connectivity index (χ1v) is 3.47. The van der Waals surface area contributed by atoms with Crippen molar-refractivity contribution in [3.63, 3.8) is 0 Å². The number of nitrogens with zero attached hydrogens (tertiary/aromatic N) is 2. The van der Waals surface area contributed by atoms with Crippen molar-refractivity contribution in [2.24, 2.45) is 0 Å². The Morgan fingerprint density at radius 1 is 1.62 bits per heavy atom. The fourth-order valence-electron chi connectivity index (χ4n) is 0.705. The predicted octanol–water partition coefficient (Wildman–Crippen LogP) is 0.972. The highest BCUT2D eigenvalue weighted by molar-refractivity contribution is 5.24. The van der Waals surface area contributed by atoms with Gasteiger partial charge in [-0.2, -0.15) is 0 Å². The minimum Gasteiger partial charge on any atom is -0.432 e. The van der Waals surface area contributed by atoms with E-state index in [0.29, 0.717) is 0 Å². The molecule has 0 spiro atoms. The van der Waals surface area contributed by atoms with Crippen molar-refractivity contribution in [2.75, 3.05) is 13.9 Å². The Morgan fingerprint density at radius 2 is 2.38 bits per heavy atom. The van der Waals surface area contributed by atoms with Gasteiger partial charge in [-0.25, -0.2) is 0 Å². The molecule has 13 heavy (non-hydrogen) atoms. The van der Waals surface area contributed by atoms with Crippen molar-refractivity contribution >= 4 is 5.82 Å². The van der Waals surface area contributed by atoms with Crippen LogP contribution in [-0.4, -0.2) is 23.8 Å². The molecule has 0 aliphatic heterocycles. The molecular weight excluding hydrogens is 176 g/mol. The number of ether oxygens (including phenoxy) is 2. The van der Waals surface area contributed by atoms with Crippen LogP contribution in [0.1, 0.15) is 0 Å². The summed E-state index contributed by atoms with van der Waals surface area (Å²) in [6.07, 6.45) is 0. The normalized spacial score (nSPS) is 9.62. The number of aromatic nitrogens is 1. The van der Waals surface area contributed by atoms with Crippen LogP contribution < -0.4 is 4.74 Å². The van der Waals surface area contributed by atoms with Crippen molar-refractivity contribution in [3.8, 4) is 5.88 Å². The average Bonchev–Trinajstić information content (AvgIpc) is 2.15. The molecule has 6 nitrogen and oxygen atoms in total. The van der Waals surface area contributed by atoms with E-state index in [9.17, 15) is 10.1 Å². The van der Waals surface area contributed by atoms with Crippen LogP contribution in [0.5, 0.6) is 5.88 Å². The summed E-state index contributed by atoms with van der Waals surface area (Å²) in [6.45, 7) is 0.0220. The van der Waals surface area contributed by atoms with E-state index < -0.39 is 4.92 Å². The molecule has 0 unspecified atom stereocenters. The minimum atomic E-state index is -0.584. The molecule has 1 aromatic heterocycles. The zero-order valence-electron chi connectivity index (χ0n) is 6.97. The number of nitro groups is 1. The number of rotatable bonds is 4. The molecule has 6 heteroatoms. The first-order valence-electron chi connectivity index (χ1n) is 3.47. The van der Waals surface area contributed by atoms with Gasteiger partial charge in [0, 0.05) is 24.2 Å². The SMILES string of the molecule is COCOc1cccc([N+](=O)[O-])n1. The summed E-state index contributed by atoms with van der Waals surface area (Å²) in [7, 11) is 1.46. The minimum absolute atomic E-state index is 0.0220. The van der Waals surface area contributed by atoms with Gasteiger partial charge < -0.3 is 19.6 Å². The zero-order chi connectivity index (χ0) is 9.68. The van der Waals surface area contributed by atoms with E-state index in [0.717, 1.165) is 0 Å². The highest BCUT2D eigenvalue weighted by Gasteiger charge is 2.09. The molecule has 0 saturated heterocycles. The maximum absolute atomic E-state index is 10.3. The average molecular weight is 184 g/mol. The Hall–Kier alpha value is -1.69. The van der Waals surface area contributed by atoms with Gasteiger partial charge in [-0.05, 0) is 11.0 Å². The Bertz CT molecular complexity index is 302. The van der Waals surface area contributed by atoms with Gasteiger partial charge in [-0.1, -0.05) is 0 Å². The summed E-state index contributed by atoms with van der Waals surface area (Å²) >= 11 is 0. The second kappa shape index (κ2) is 4.36. The van der Waals surface area contributed by atoms with Gasteiger partial charge in [-0.3, -0.25) is 0 Å². The fourth-order valence-corrected chi connectivity index (χ4v) is 0.705. The summed E-state index contributed by atoms with van der Waals surface area (Å²) in [5.41, 5.74) is 0. The lowest BCUT2D eigenvalue weighted by Gasteiger charge is -1.98. The maximum atomic E-state index is 10.3. The molecule has 0 saturated carbocycles. The lowest BCUT2D eigenvalue weighted by Crippen LogP contribution is -2.01. The quantitative estimate of drug-likeness (QED) is 0.396. The van der Waals surface area contributed by atoms with Crippen LogP contribution >= 0.6 is 0 Å². The van der Waals surface area contributed by atoms with Gasteiger partial charge in [0.2, 0.25) is 0 Å². The van der Waals surface area contributed by atoms with Crippen LogP contribution in [0.15, 0.2) is 18.2 Å². The van der Waals surface area contributed by atoms with Crippen molar-refractivity contribution < 1.29 is 14.4 Å². The van der Waals surface area contributed by atoms with Gasteiger partial charge in [0.25, 0.3) is 0 Å². The van der Waals surface area contributed by atoms with Crippen molar-refractivity contribution in [1.82, 2.24) is 4.98 Å². The molecule has 0 aromatic carbocycles. The van der Waals surface area contributed by atoms with Gasteiger partial charge in [-0.15, -0.1) is 0 Å². The number of hydrogen-bond acceptors (Lipinski definition) is 5. The number of pyridine rings is 1. The Labute approximate surface area is 74.3 Å². The lowest BCUT2D eigenvalue weighted by molar-refractivity contribution is -0.389. The van der Waals surface area contributed by atoms with Crippen molar-refractivity contribution in [1.29, 1.82) is 0 Å². The number of hydrogen-bond donors (Lipinski definition) is 0. The lowest BCUT2D eigenvalue weighted by atomic mass is 10.4. The summed E-state index contributed by atoms with van der Waals surface area (Å²) in [5, 5.41) is 10.3. The molecule has 0 aliphatic carbocycles. The van der Waals surface area contributed by atoms with E-state index in [1.165, 1.54) is 25.3 Å². The molecule has 0 aliphatic rings. The van der Waals surface area contributed by atoms with Crippen molar-refractivity contribution in [3.05, 3.63) is 28.3 Å².